The number of fused-ring (bicyclic) bond motifs is 13. The Bertz CT molecular complexity index is 7900. The Kier molecular flexibility index (Phi) is 15.0. The lowest BCUT2D eigenvalue weighted by Gasteiger charge is -2.46. The Morgan fingerprint density at radius 1 is 0.320 bits per heavy atom. The van der Waals surface area contributed by atoms with Crippen LogP contribution in [0.5, 0.6) is 0 Å². The van der Waals surface area contributed by atoms with Crippen molar-refractivity contribution in [1.29, 1.82) is 0 Å². The first-order chi connectivity index (χ1) is 63.1. The van der Waals surface area contributed by atoms with Crippen LogP contribution in [-0.2, 0) is 10.8 Å². The molecule has 0 aliphatic carbocycles. The van der Waals surface area contributed by atoms with Gasteiger partial charge in [-0.05, 0) is 214 Å². The van der Waals surface area contributed by atoms with Gasteiger partial charge in [0.15, 0.2) is 6.17 Å². The predicted octanol–water partition coefficient (Wildman–Crippen LogP) is 28.6. The maximum absolute atomic E-state index is 10.1. The Hall–Kier alpha value is -14.8. The third-order valence-electron chi connectivity index (χ3n) is 25.5. The highest BCUT2D eigenvalue weighted by Gasteiger charge is 2.47. The van der Waals surface area contributed by atoms with Crippen LogP contribution in [-0.4, -0.2) is 11.3 Å². The second-order valence-electron chi connectivity index (χ2n) is 34.7. The molecule has 0 N–H and O–H groups in total. The minimum atomic E-state index is -1.21. The third kappa shape index (κ3) is 11.9. The zero-order chi connectivity index (χ0) is 88.6. The highest BCUT2D eigenvalue weighted by atomic mass is 16.3. The zero-order valence-corrected chi connectivity index (χ0v) is 68.4. The van der Waals surface area contributed by atoms with Gasteiger partial charge in [-0.25, -0.2) is 0 Å². The molecule has 6 heteroatoms. The van der Waals surface area contributed by atoms with E-state index in [1.54, 1.807) is 0 Å². The van der Waals surface area contributed by atoms with Crippen LogP contribution in [0.1, 0.15) is 80.8 Å². The molecule has 20 aromatic rings. The van der Waals surface area contributed by atoms with Gasteiger partial charge in [-0.2, -0.15) is 4.57 Å². The number of para-hydroxylation sites is 3. The molecule has 3 aromatic heterocycles. The van der Waals surface area contributed by atoms with Crippen LogP contribution in [0, 0.1) is 0 Å². The highest BCUT2D eigenvalue weighted by molar-refractivity contribution is 7.00. The largest absolute Gasteiger partial charge is 0.456 e. The van der Waals surface area contributed by atoms with Crippen LogP contribution in [0.2, 0.25) is 0 Å². The first-order valence-electron chi connectivity index (χ1n) is 46.1. The molecule has 0 amide bonds. The van der Waals surface area contributed by atoms with E-state index < -0.39 is 55.2 Å². The van der Waals surface area contributed by atoms with E-state index in [1.165, 1.54) is 15.7 Å². The summed E-state index contributed by atoms with van der Waals surface area (Å²) in [5.74, 6) is 0. The SMILES string of the molecule is [2H]c1c([2H])c([2H])c2c(c1[2H])-c1c([2H])c([2H])c([2H])c([2H])[n+]1C2c1ccc2c(c1)N(c1c(-c3ccccc3)cc(-c3ccc(C(C)(C)C)cc3)cc1-c1ccccc1)c1cc(-c3ccc4c(c3)c3ccccc3n4-c3ccccc3)cc3c1B2c1ccc(-c2ccc4oc5ccccc5c4c2)cc1N3c1c(-c2ccccc2)cc(-c2ccc(C(C)(C)C)cc2)cc1-c1ccccc1. The van der Waals surface area contributed by atoms with Gasteiger partial charge in [-0.1, -0.05) is 321 Å². The third-order valence-corrected chi connectivity index (χ3v) is 25.5. The average molecular weight is 1570 g/mol. The topological polar surface area (TPSA) is 28.4 Å². The summed E-state index contributed by atoms with van der Waals surface area (Å²) < 4.78 is 87.7. The maximum atomic E-state index is 10.1. The molecule has 0 bridgehead atoms. The summed E-state index contributed by atoms with van der Waals surface area (Å²) in [7, 11) is 0. The molecular weight excluding hydrogens is 1480 g/mol. The Morgan fingerprint density at radius 2 is 0.746 bits per heavy atom. The predicted molar refractivity (Wildman–Crippen MR) is 512 cm³/mol. The number of rotatable bonds is 12. The number of hydrogen-bond acceptors (Lipinski definition) is 3. The molecule has 6 heterocycles. The van der Waals surface area contributed by atoms with E-state index >= 15 is 0 Å². The molecule has 1 unspecified atom stereocenters. The summed E-state index contributed by atoms with van der Waals surface area (Å²) in [5, 5.41) is 4.19. The monoisotopic (exact) mass is 1570 g/mol. The van der Waals surface area contributed by atoms with Gasteiger partial charge in [0.25, 0.3) is 6.71 Å². The average Bonchev–Trinajstić information content (AvgIpc) is 0.898. The minimum Gasteiger partial charge on any atom is -0.456 e. The summed E-state index contributed by atoms with van der Waals surface area (Å²) in [6.07, 6.45) is -0.399. The van der Waals surface area contributed by atoms with Crippen molar-refractivity contribution in [3.8, 4) is 106 Å². The number of anilines is 6. The van der Waals surface area contributed by atoms with Crippen LogP contribution in [0.15, 0.2) is 411 Å². The van der Waals surface area contributed by atoms with Gasteiger partial charge in [0.1, 0.15) is 12.5 Å². The Morgan fingerprint density at radius 3 is 1.32 bits per heavy atom. The molecule has 3 aliphatic heterocycles. The molecule has 1 atom stereocenters. The van der Waals surface area contributed by atoms with Crippen molar-refractivity contribution in [2.75, 3.05) is 9.80 Å². The first kappa shape index (κ1) is 64.2. The van der Waals surface area contributed by atoms with E-state index in [0.717, 1.165) is 189 Å². The summed E-state index contributed by atoms with van der Waals surface area (Å²) in [5.41, 5.74) is 31.6. The van der Waals surface area contributed by atoms with Gasteiger partial charge in [0.05, 0.1) is 37.6 Å². The molecule has 0 saturated carbocycles. The number of nitrogens with zero attached hydrogens (tertiary/aromatic N) is 4. The second kappa shape index (κ2) is 28.4. The summed E-state index contributed by atoms with van der Waals surface area (Å²) >= 11 is 0. The first-order valence-corrected chi connectivity index (χ1v) is 42.1. The van der Waals surface area contributed by atoms with Crippen molar-refractivity contribution in [3.63, 3.8) is 0 Å². The number of hydrogen-bond donors (Lipinski definition) is 0. The molecule has 0 fully saturated rings. The van der Waals surface area contributed by atoms with Gasteiger partial charge in [-0.15, -0.1) is 0 Å². The van der Waals surface area contributed by atoms with E-state index in [-0.39, 0.29) is 33.7 Å². The number of pyridine rings is 1. The fourth-order valence-corrected chi connectivity index (χ4v) is 19.5. The molecule has 23 rings (SSSR count). The van der Waals surface area contributed by atoms with Gasteiger partial charge >= 0.3 is 0 Å². The lowest BCUT2D eigenvalue weighted by molar-refractivity contribution is -0.688. The van der Waals surface area contributed by atoms with Gasteiger partial charge in [0, 0.05) is 95.4 Å². The smallest absolute Gasteiger partial charge is 0.252 e. The molecule has 17 aromatic carbocycles. The summed E-state index contributed by atoms with van der Waals surface area (Å²) in [4.78, 5) is 5.08. The maximum Gasteiger partial charge on any atom is 0.252 e. The zero-order valence-electron chi connectivity index (χ0n) is 76.4. The fourth-order valence-electron chi connectivity index (χ4n) is 19.5. The van der Waals surface area contributed by atoms with Gasteiger partial charge in [0.2, 0.25) is 11.7 Å². The quantitative estimate of drug-likeness (QED) is 0.0901. The van der Waals surface area contributed by atoms with Crippen molar-refractivity contribution < 1.29 is 20.0 Å². The van der Waals surface area contributed by atoms with Crippen LogP contribution in [0.4, 0.5) is 34.1 Å². The second-order valence-corrected chi connectivity index (χ2v) is 34.7. The lowest BCUT2D eigenvalue weighted by Crippen LogP contribution is -2.61. The molecule has 0 spiro atoms. The summed E-state index contributed by atoms with van der Waals surface area (Å²) in [6, 6.07) is 126. The molecule has 0 radical (unpaired) electrons. The van der Waals surface area contributed by atoms with Gasteiger partial charge in [-0.3, -0.25) is 0 Å². The molecule has 0 saturated heterocycles. The van der Waals surface area contributed by atoms with Crippen LogP contribution in [0.25, 0.3) is 150 Å². The lowest BCUT2D eigenvalue weighted by atomic mass is 9.33. The van der Waals surface area contributed by atoms with E-state index in [2.05, 4.69) is 396 Å². The van der Waals surface area contributed by atoms with Crippen molar-refractivity contribution in [1.82, 2.24) is 4.57 Å². The van der Waals surface area contributed by atoms with Crippen molar-refractivity contribution in [2.24, 2.45) is 0 Å². The highest BCUT2D eigenvalue weighted by Crippen LogP contribution is 2.57. The van der Waals surface area contributed by atoms with E-state index in [0.29, 0.717) is 5.56 Å². The number of benzene rings is 17. The Balaban J connectivity index is 0.906. The number of aromatic nitrogens is 2. The fraction of sp³-hybridized carbons (Fsp3) is 0.0776. The molecule has 3 aliphatic rings. The van der Waals surface area contributed by atoms with Crippen LogP contribution >= 0.6 is 0 Å². The Labute approximate surface area is 724 Å². The molecule has 122 heavy (non-hydrogen) atoms. The number of furan rings is 1. The van der Waals surface area contributed by atoms with Gasteiger partial charge < -0.3 is 18.8 Å². The van der Waals surface area contributed by atoms with Crippen LogP contribution in [0.3, 0.4) is 0 Å². The normalized spacial score (nSPS) is 14.3. The van der Waals surface area contributed by atoms with E-state index in [4.69, 9.17) is 4.42 Å². The molecule has 578 valence electrons. The van der Waals surface area contributed by atoms with E-state index in [1.807, 2.05) is 18.2 Å². The summed E-state index contributed by atoms with van der Waals surface area (Å²) in [6.45, 7) is 12.9. The van der Waals surface area contributed by atoms with Crippen molar-refractivity contribution in [3.05, 3.63) is 429 Å². The van der Waals surface area contributed by atoms with Crippen molar-refractivity contribution in [2.45, 2.75) is 58.4 Å². The van der Waals surface area contributed by atoms with E-state index in [9.17, 15) is 11.0 Å². The molecule has 5 nitrogen and oxygen atoms in total. The van der Waals surface area contributed by atoms with Crippen LogP contribution < -0.4 is 30.8 Å². The standard InChI is InChI=1S/C116H86BN4O/c1-115(2,3)87-55-47-74(48-56-87)84-66-94(76-30-12-7-13-31-76)113(95(67-84)77-32-14-8-15-33-77)120-105-70-82(80-54-62-110-99(65-80)92-42-25-27-46-109(92)122-110)51-59-100(105)117-101-60-52-83(112-93-43-23-22-40-90(93)102-44-28-29-63-118(102)112)71-106(101)121(108-73-86(72-107(120)111(108)117)81-53-61-104-98(64-81)91-41-24-26-45-103(91)119(104)89-38-20-11-21-39-89)114-96(78-34-16-9-17-35-78)68-85(69-97(114)79-36-18-10-19-37-79)75-49-57-88(58-50-75)116(4,5)6/h7-73,112H,1-6H3/q+1/i22D,23D,28D,29D,40D,43D,44D,63D. The van der Waals surface area contributed by atoms with Crippen molar-refractivity contribution >= 4 is 101 Å². The minimum absolute atomic E-state index is 0.0201. The molecular formula is C116H86BN4O+.